The first-order chi connectivity index (χ1) is 8.33. The zero-order chi connectivity index (χ0) is 11.4. The highest BCUT2D eigenvalue weighted by Crippen LogP contribution is 2.60. The first-order valence-corrected chi connectivity index (χ1v) is 7.65. The van der Waals surface area contributed by atoms with Crippen molar-refractivity contribution in [2.75, 3.05) is 0 Å². The fraction of sp³-hybridized carbons (Fsp3) is 0.667. The van der Waals surface area contributed by atoms with Crippen LogP contribution in [0.5, 0.6) is 0 Å². The van der Waals surface area contributed by atoms with Gasteiger partial charge in [0.1, 0.15) is 10.9 Å². The Kier molecular flexibility index (Phi) is 2.14. The molecule has 0 spiro atoms. The minimum Gasteiger partial charge on any atom is -0.192 e. The topological polar surface area (TPSA) is 23.8 Å². The van der Waals surface area contributed by atoms with Crippen LogP contribution in [0.4, 0.5) is 0 Å². The van der Waals surface area contributed by atoms with Gasteiger partial charge in [0.05, 0.1) is 0 Å². The van der Waals surface area contributed by atoms with Gasteiger partial charge in [0.25, 0.3) is 0 Å². The molecule has 0 saturated heterocycles. The summed E-state index contributed by atoms with van der Waals surface area (Å²) in [6, 6.07) is 6.54. The quantitative estimate of drug-likeness (QED) is 0.726. The van der Waals surface area contributed by atoms with Crippen molar-refractivity contribution in [3.05, 3.63) is 21.9 Å². The molecule has 0 amide bonds. The molecule has 4 aliphatic rings. The average molecular weight is 243 g/mol. The summed E-state index contributed by atoms with van der Waals surface area (Å²) >= 11 is 1.75. The highest BCUT2D eigenvalue weighted by Gasteiger charge is 2.48. The minimum absolute atomic E-state index is 0.801. The lowest BCUT2D eigenvalue weighted by atomic mass is 9.51. The number of hydrogen-bond donors (Lipinski definition) is 0. The SMILES string of the molecule is N#Cc1ccc(C2C3CC4CC(C3)CC2C4)s1. The Bertz CT molecular complexity index is 453. The van der Waals surface area contributed by atoms with E-state index in [1.54, 1.807) is 11.3 Å². The first kappa shape index (κ1) is 10.1. The van der Waals surface area contributed by atoms with Gasteiger partial charge in [0.15, 0.2) is 0 Å². The molecule has 4 bridgehead atoms. The molecular weight excluding hydrogens is 226 g/mol. The molecule has 0 aliphatic heterocycles. The Morgan fingerprint density at radius 1 is 1.00 bits per heavy atom. The van der Waals surface area contributed by atoms with Gasteiger partial charge in [-0.25, -0.2) is 0 Å². The fourth-order valence-corrected chi connectivity index (χ4v) is 6.07. The molecule has 17 heavy (non-hydrogen) atoms. The van der Waals surface area contributed by atoms with E-state index in [-0.39, 0.29) is 0 Å². The second-order valence-electron chi connectivity index (χ2n) is 6.27. The third-order valence-electron chi connectivity index (χ3n) is 5.29. The summed E-state index contributed by atoms with van der Waals surface area (Å²) in [5.41, 5.74) is 0. The minimum atomic E-state index is 0.801. The molecule has 4 fully saturated rings. The second kappa shape index (κ2) is 3.59. The monoisotopic (exact) mass is 243 g/mol. The molecule has 2 heteroatoms. The van der Waals surface area contributed by atoms with Gasteiger partial charge in [0.2, 0.25) is 0 Å². The summed E-state index contributed by atoms with van der Waals surface area (Å²) in [6.07, 6.45) is 7.40. The van der Waals surface area contributed by atoms with Crippen molar-refractivity contribution in [3.8, 4) is 6.07 Å². The lowest BCUT2D eigenvalue weighted by molar-refractivity contribution is -0.00160. The van der Waals surface area contributed by atoms with Crippen molar-refractivity contribution < 1.29 is 0 Å². The lowest BCUT2D eigenvalue weighted by Crippen LogP contribution is -2.43. The highest BCUT2D eigenvalue weighted by atomic mass is 32.1. The predicted octanol–water partition coefficient (Wildman–Crippen LogP) is 4.16. The molecule has 1 aromatic rings. The molecular formula is C15H17NS. The summed E-state index contributed by atoms with van der Waals surface area (Å²) in [7, 11) is 0. The van der Waals surface area contributed by atoms with E-state index in [0.717, 1.165) is 34.5 Å². The maximum Gasteiger partial charge on any atom is 0.110 e. The molecule has 1 heterocycles. The van der Waals surface area contributed by atoms with Crippen LogP contribution in [0.1, 0.15) is 47.8 Å². The number of nitriles is 1. The first-order valence-electron chi connectivity index (χ1n) is 6.83. The van der Waals surface area contributed by atoms with Gasteiger partial charge >= 0.3 is 0 Å². The molecule has 0 atom stereocenters. The third kappa shape index (κ3) is 1.48. The van der Waals surface area contributed by atoms with E-state index in [4.69, 9.17) is 5.26 Å². The molecule has 0 aromatic carbocycles. The highest BCUT2D eigenvalue weighted by molar-refractivity contribution is 7.12. The van der Waals surface area contributed by atoms with Crippen molar-refractivity contribution in [3.63, 3.8) is 0 Å². The van der Waals surface area contributed by atoms with Gasteiger partial charge in [-0.2, -0.15) is 5.26 Å². The van der Waals surface area contributed by atoms with Gasteiger partial charge < -0.3 is 0 Å². The van der Waals surface area contributed by atoms with Crippen LogP contribution in [0, 0.1) is 35.0 Å². The van der Waals surface area contributed by atoms with Crippen LogP contribution in [0.2, 0.25) is 0 Å². The predicted molar refractivity (Wildman–Crippen MR) is 68.8 cm³/mol. The summed E-state index contributed by atoms with van der Waals surface area (Å²) in [5, 5.41) is 8.96. The van der Waals surface area contributed by atoms with E-state index in [0.29, 0.717) is 0 Å². The van der Waals surface area contributed by atoms with E-state index in [1.807, 2.05) is 6.07 Å². The van der Waals surface area contributed by atoms with Crippen molar-refractivity contribution in [1.82, 2.24) is 0 Å². The zero-order valence-corrected chi connectivity index (χ0v) is 10.7. The van der Waals surface area contributed by atoms with Crippen LogP contribution in [0.3, 0.4) is 0 Å². The summed E-state index contributed by atoms with van der Waals surface area (Å²) < 4.78 is 0. The largest absolute Gasteiger partial charge is 0.192 e. The van der Waals surface area contributed by atoms with E-state index < -0.39 is 0 Å². The van der Waals surface area contributed by atoms with Crippen LogP contribution in [0.15, 0.2) is 12.1 Å². The molecule has 4 aliphatic carbocycles. The zero-order valence-electron chi connectivity index (χ0n) is 9.93. The van der Waals surface area contributed by atoms with Crippen LogP contribution in [0.25, 0.3) is 0 Å². The van der Waals surface area contributed by atoms with Crippen molar-refractivity contribution in [1.29, 1.82) is 5.26 Å². The van der Waals surface area contributed by atoms with Gasteiger partial charge in [0, 0.05) is 4.88 Å². The average Bonchev–Trinajstić information content (AvgIpc) is 2.76. The Labute approximate surface area is 106 Å². The van der Waals surface area contributed by atoms with Crippen LogP contribution in [-0.2, 0) is 0 Å². The van der Waals surface area contributed by atoms with E-state index in [9.17, 15) is 0 Å². The van der Waals surface area contributed by atoms with Crippen molar-refractivity contribution in [2.24, 2.45) is 23.7 Å². The Balaban J connectivity index is 1.68. The smallest absolute Gasteiger partial charge is 0.110 e. The van der Waals surface area contributed by atoms with Gasteiger partial charge in [-0.15, -0.1) is 11.3 Å². The second-order valence-corrected chi connectivity index (χ2v) is 7.39. The normalized spacial score (nSPS) is 42.6. The van der Waals surface area contributed by atoms with Crippen molar-refractivity contribution >= 4 is 11.3 Å². The molecule has 0 N–H and O–H groups in total. The Morgan fingerprint density at radius 2 is 1.65 bits per heavy atom. The van der Waals surface area contributed by atoms with Crippen LogP contribution < -0.4 is 0 Å². The molecule has 1 nitrogen and oxygen atoms in total. The van der Waals surface area contributed by atoms with Gasteiger partial charge in [-0.3, -0.25) is 0 Å². The molecule has 5 rings (SSSR count). The molecule has 4 saturated carbocycles. The fourth-order valence-electron chi connectivity index (χ4n) is 4.98. The van der Waals surface area contributed by atoms with Crippen LogP contribution >= 0.6 is 11.3 Å². The van der Waals surface area contributed by atoms with Crippen LogP contribution in [-0.4, -0.2) is 0 Å². The molecule has 88 valence electrons. The number of rotatable bonds is 1. The molecule has 0 unspecified atom stereocenters. The van der Waals surface area contributed by atoms with Gasteiger partial charge in [-0.1, -0.05) is 0 Å². The van der Waals surface area contributed by atoms with E-state index >= 15 is 0 Å². The van der Waals surface area contributed by atoms with E-state index in [1.165, 1.54) is 37.0 Å². The Hall–Kier alpha value is -0.810. The number of hydrogen-bond acceptors (Lipinski definition) is 2. The third-order valence-corrected chi connectivity index (χ3v) is 6.38. The summed E-state index contributed by atoms with van der Waals surface area (Å²) in [4.78, 5) is 2.41. The molecule has 0 radical (unpaired) electrons. The number of nitrogens with zero attached hydrogens (tertiary/aromatic N) is 1. The molecule has 1 aromatic heterocycles. The Morgan fingerprint density at radius 3 is 2.18 bits per heavy atom. The van der Waals surface area contributed by atoms with Crippen molar-refractivity contribution in [2.45, 2.75) is 38.0 Å². The standard InChI is InChI=1S/C15H17NS/c16-8-13-1-2-14(17-13)15-11-4-9-3-10(6-11)7-12(15)5-9/h1-2,9-12,15H,3-7H2. The van der Waals surface area contributed by atoms with Gasteiger partial charge in [-0.05, 0) is 73.8 Å². The summed E-state index contributed by atoms with van der Waals surface area (Å²) in [5.74, 6) is 4.77. The van der Waals surface area contributed by atoms with E-state index in [2.05, 4.69) is 12.1 Å². The summed E-state index contributed by atoms with van der Waals surface area (Å²) in [6.45, 7) is 0. The lowest BCUT2D eigenvalue weighted by Gasteiger charge is -2.54. The number of thiophene rings is 1. The maximum absolute atomic E-state index is 8.96. The maximum atomic E-state index is 8.96.